The molecule has 2 rings (SSSR count). The van der Waals surface area contributed by atoms with Gasteiger partial charge in [-0.05, 0) is 57.2 Å². The highest BCUT2D eigenvalue weighted by Crippen LogP contribution is 2.38. The lowest BCUT2D eigenvalue weighted by atomic mass is 9.77. The molecule has 0 amide bonds. The molecule has 22 heavy (non-hydrogen) atoms. The van der Waals surface area contributed by atoms with E-state index in [-0.39, 0.29) is 18.3 Å². The van der Waals surface area contributed by atoms with Crippen molar-refractivity contribution in [3.05, 3.63) is 27.4 Å². The van der Waals surface area contributed by atoms with Gasteiger partial charge in [-0.2, -0.15) is 0 Å². The van der Waals surface area contributed by atoms with Crippen LogP contribution in [-0.2, 0) is 20.7 Å². The van der Waals surface area contributed by atoms with E-state index in [0.29, 0.717) is 6.61 Å². The van der Waals surface area contributed by atoms with Crippen molar-refractivity contribution in [2.45, 2.75) is 45.5 Å². The average Bonchev–Trinajstić information content (AvgIpc) is 2.92. The minimum Gasteiger partial charge on any atom is -0.400 e. The van der Waals surface area contributed by atoms with Crippen LogP contribution in [0, 0.1) is 0 Å². The van der Waals surface area contributed by atoms with Gasteiger partial charge in [0, 0.05) is 18.5 Å². The molecule has 0 saturated carbocycles. The Labute approximate surface area is 138 Å². The maximum Gasteiger partial charge on any atom is 0.491 e. The third-order valence-corrected chi connectivity index (χ3v) is 5.18. The Morgan fingerprint density at radius 2 is 1.95 bits per heavy atom. The molecule has 0 radical (unpaired) electrons. The normalized spacial score (nSPS) is 20.6. The zero-order valence-corrected chi connectivity index (χ0v) is 15.2. The lowest BCUT2D eigenvalue weighted by Gasteiger charge is -2.32. The molecule has 122 valence electrons. The number of nitrogens with one attached hydrogen (secondary N) is 1. The Hall–Kier alpha value is -0.655. The van der Waals surface area contributed by atoms with E-state index in [0.717, 1.165) is 17.6 Å². The number of methoxy groups -OCH3 is 1. The number of rotatable bonds is 6. The van der Waals surface area contributed by atoms with Gasteiger partial charge in [0.05, 0.1) is 17.8 Å². The zero-order chi connectivity index (χ0) is 16.4. The van der Waals surface area contributed by atoms with Gasteiger partial charge in [-0.1, -0.05) is 6.08 Å². The van der Waals surface area contributed by atoms with E-state index in [1.165, 1.54) is 4.88 Å². The van der Waals surface area contributed by atoms with Crippen LogP contribution < -0.4 is 5.32 Å². The number of hydrogen-bond donors (Lipinski definition) is 1. The van der Waals surface area contributed by atoms with Gasteiger partial charge in [0.15, 0.2) is 0 Å². The van der Waals surface area contributed by atoms with E-state index in [9.17, 15) is 0 Å². The van der Waals surface area contributed by atoms with Gasteiger partial charge in [0.2, 0.25) is 0 Å². The first-order valence-electron chi connectivity index (χ1n) is 7.56. The lowest BCUT2D eigenvalue weighted by molar-refractivity contribution is 0.00578. The first kappa shape index (κ1) is 17.7. The maximum atomic E-state index is 6.15. The summed E-state index contributed by atoms with van der Waals surface area (Å²) in [6.07, 6.45) is 2.15. The molecular weight excluding hydrogens is 297 g/mol. The van der Waals surface area contributed by atoms with E-state index in [1.807, 2.05) is 7.05 Å². The summed E-state index contributed by atoms with van der Waals surface area (Å²) in [5, 5.41) is 5.34. The first-order valence-corrected chi connectivity index (χ1v) is 8.44. The molecule has 0 bridgehead atoms. The average molecular weight is 323 g/mol. The highest BCUT2D eigenvalue weighted by atomic mass is 32.1. The van der Waals surface area contributed by atoms with Crippen LogP contribution in [0.5, 0.6) is 0 Å². The fourth-order valence-electron chi connectivity index (χ4n) is 2.31. The predicted molar refractivity (Wildman–Crippen MR) is 93.0 cm³/mol. The minimum absolute atomic E-state index is 0.316. The summed E-state index contributed by atoms with van der Waals surface area (Å²) in [6, 6.07) is 2.15. The number of likely N-dealkylation sites (N-methyl/N-ethyl adjacent to an activating group) is 1. The van der Waals surface area contributed by atoms with Gasteiger partial charge in [0.25, 0.3) is 0 Å². The van der Waals surface area contributed by atoms with Crippen LogP contribution in [0.4, 0.5) is 0 Å². The van der Waals surface area contributed by atoms with Crippen molar-refractivity contribution >= 4 is 24.5 Å². The van der Waals surface area contributed by atoms with Crippen molar-refractivity contribution in [3.8, 4) is 0 Å². The fourth-order valence-corrected chi connectivity index (χ4v) is 3.12. The minimum atomic E-state index is -0.319. The molecule has 1 aliphatic heterocycles. The molecule has 1 fully saturated rings. The third kappa shape index (κ3) is 3.81. The molecule has 1 saturated heterocycles. The van der Waals surface area contributed by atoms with Crippen LogP contribution in [-0.4, -0.2) is 39.0 Å². The molecular formula is C16H26BNO3S. The Morgan fingerprint density at radius 1 is 1.32 bits per heavy atom. The van der Waals surface area contributed by atoms with Gasteiger partial charge < -0.3 is 19.4 Å². The van der Waals surface area contributed by atoms with Gasteiger partial charge >= 0.3 is 7.12 Å². The highest BCUT2D eigenvalue weighted by molar-refractivity contribution is 7.10. The molecule has 1 aromatic heterocycles. The second-order valence-electron chi connectivity index (χ2n) is 6.62. The van der Waals surface area contributed by atoms with Crippen molar-refractivity contribution in [2.75, 3.05) is 20.7 Å². The molecule has 1 aromatic rings. The van der Waals surface area contributed by atoms with E-state index in [4.69, 9.17) is 14.0 Å². The Kier molecular flexibility index (Phi) is 5.51. The van der Waals surface area contributed by atoms with Crippen LogP contribution in [0.15, 0.2) is 16.9 Å². The molecule has 4 nitrogen and oxygen atoms in total. The standard InChI is InChI=1S/C16H26BNO3S/c1-15(2)16(3,4)21-17(20-15)13(9-18-5)7-12-8-14(10-19-6)22-11-12/h7-8,11,18H,9-10H2,1-6H3. The third-order valence-electron chi connectivity index (χ3n) is 4.25. The topological polar surface area (TPSA) is 39.7 Å². The largest absolute Gasteiger partial charge is 0.491 e. The van der Waals surface area contributed by atoms with E-state index >= 15 is 0 Å². The number of thiophene rings is 1. The molecule has 1 aliphatic rings. The molecule has 2 heterocycles. The van der Waals surface area contributed by atoms with Crippen LogP contribution in [0.1, 0.15) is 38.1 Å². The summed E-state index contributed by atoms with van der Waals surface area (Å²) in [5.41, 5.74) is 1.63. The molecule has 6 heteroatoms. The van der Waals surface area contributed by atoms with Gasteiger partial charge in [-0.15, -0.1) is 11.3 Å². The Bertz CT molecular complexity index is 523. The predicted octanol–water partition coefficient (Wildman–Crippen LogP) is 3.13. The number of hydrogen-bond acceptors (Lipinski definition) is 5. The van der Waals surface area contributed by atoms with Crippen molar-refractivity contribution in [1.29, 1.82) is 0 Å². The molecule has 0 aromatic carbocycles. The summed E-state index contributed by atoms with van der Waals surface area (Å²) < 4.78 is 17.5. The van der Waals surface area contributed by atoms with E-state index in [1.54, 1.807) is 18.4 Å². The molecule has 1 N–H and O–H groups in total. The van der Waals surface area contributed by atoms with Crippen LogP contribution in [0.3, 0.4) is 0 Å². The summed E-state index contributed by atoms with van der Waals surface area (Å²) in [6.45, 7) is 9.68. The van der Waals surface area contributed by atoms with Gasteiger partial charge in [-0.3, -0.25) is 0 Å². The summed E-state index contributed by atoms with van der Waals surface area (Å²) >= 11 is 1.70. The Balaban J connectivity index is 2.21. The summed E-state index contributed by atoms with van der Waals surface area (Å²) in [5.74, 6) is 0. The molecule has 0 aliphatic carbocycles. The quantitative estimate of drug-likeness (QED) is 0.817. The van der Waals surface area contributed by atoms with Crippen molar-refractivity contribution in [1.82, 2.24) is 5.32 Å². The fraction of sp³-hybridized carbons (Fsp3) is 0.625. The van der Waals surface area contributed by atoms with Crippen molar-refractivity contribution in [2.24, 2.45) is 0 Å². The smallest absolute Gasteiger partial charge is 0.400 e. The zero-order valence-electron chi connectivity index (χ0n) is 14.4. The van der Waals surface area contributed by atoms with Crippen molar-refractivity contribution < 1.29 is 14.0 Å². The highest BCUT2D eigenvalue weighted by Gasteiger charge is 2.52. The second kappa shape index (κ2) is 6.85. The summed E-state index contributed by atoms with van der Waals surface area (Å²) in [7, 11) is 3.33. The van der Waals surface area contributed by atoms with E-state index in [2.05, 4.69) is 50.5 Å². The van der Waals surface area contributed by atoms with Crippen LogP contribution >= 0.6 is 11.3 Å². The maximum absolute atomic E-state index is 6.15. The first-order chi connectivity index (χ1) is 10.3. The lowest BCUT2D eigenvalue weighted by Crippen LogP contribution is -2.41. The molecule has 0 spiro atoms. The Morgan fingerprint density at radius 3 is 2.50 bits per heavy atom. The van der Waals surface area contributed by atoms with Gasteiger partial charge in [-0.25, -0.2) is 0 Å². The van der Waals surface area contributed by atoms with Crippen LogP contribution in [0.25, 0.3) is 6.08 Å². The SMILES string of the molecule is CNCC(=Cc1csc(COC)c1)B1OC(C)(C)C(C)(C)O1. The van der Waals surface area contributed by atoms with Crippen LogP contribution in [0.2, 0.25) is 0 Å². The monoisotopic (exact) mass is 323 g/mol. The van der Waals surface area contributed by atoms with Crippen molar-refractivity contribution in [3.63, 3.8) is 0 Å². The molecule has 0 unspecified atom stereocenters. The van der Waals surface area contributed by atoms with Gasteiger partial charge in [0.1, 0.15) is 0 Å². The summed E-state index contributed by atoms with van der Waals surface area (Å²) in [4.78, 5) is 1.21. The van der Waals surface area contributed by atoms with E-state index < -0.39 is 0 Å². The molecule has 0 atom stereocenters. The number of ether oxygens (including phenoxy) is 1. The second-order valence-corrected chi connectivity index (χ2v) is 7.61.